The van der Waals surface area contributed by atoms with Crippen LogP contribution >= 0.6 is 0 Å². The molecule has 114 valence electrons. The molecule has 22 heavy (non-hydrogen) atoms. The molecule has 1 amide bonds. The van der Waals surface area contributed by atoms with Gasteiger partial charge in [-0.1, -0.05) is 18.2 Å². The van der Waals surface area contributed by atoms with E-state index < -0.39 is 0 Å². The van der Waals surface area contributed by atoms with Crippen molar-refractivity contribution in [3.05, 3.63) is 59.7 Å². The van der Waals surface area contributed by atoms with E-state index in [1.165, 1.54) is 6.07 Å². The fourth-order valence-electron chi connectivity index (χ4n) is 2.58. The largest absolute Gasteiger partial charge is 0.381 e. The number of amides is 1. The second kappa shape index (κ2) is 6.56. The molecule has 3 rings (SSSR count). The summed E-state index contributed by atoms with van der Waals surface area (Å²) in [5, 5.41) is 3.14. The van der Waals surface area contributed by atoms with E-state index in [2.05, 4.69) is 10.3 Å². The number of pyridine rings is 1. The number of rotatable bonds is 4. The van der Waals surface area contributed by atoms with Gasteiger partial charge < -0.3 is 10.2 Å². The van der Waals surface area contributed by atoms with Crippen LogP contribution in [0.2, 0.25) is 0 Å². The van der Waals surface area contributed by atoms with Crippen LogP contribution in [0.3, 0.4) is 0 Å². The molecule has 0 radical (unpaired) electrons. The van der Waals surface area contributed by atoms with Crippen molar-refractivity contribution < 1.29 is 9.18 Å². The van der Waals surface area contributed by atoms with Crippen LogP contribution in [0.25, 0.3) is 0 Å². The molecule has 2 aromatic rings. The molecule has 1 aliphatic heterocycles. The van der Waals surface area contributed by atoms with Crippen molar-refractivity contribution in [3.8, 4) is 0 Å². The summed E-state index contributed by atoms with van der Waals surface area (Å²) in [6, 6.07) is 10.1. The Morgan fingerprint density at radius 1 is 1.23 bits per heavy atom. The summed E-state index contributed by atoms with van der Waals surface area (Å²) in [4.78, 5) is 18.3. The molecule has 1 aromatic carbocycles. The molecule has 1 aromatic heterocycles. The summed E-state index contributed by atoms with van der Waals surface area (Å²) in [7, 11) is 0. The lowest BCUT2D eigenvalue weighted by Gasteiger charge is -2.15. The van der Waals surface area contributed by atoms with Crippen LogP contribution in [0.15, 0.2) is 42.6 Å². The van der Waals surface area contributed by atoms with Crippen molar-refractivity contribution in [2.24, 2.45) is 0 Å². The maximum atomic E-state index is 13.6. The Hall–Kier alpha value is -2.43. The molecule has 1 fully saturated rings. The number of hydrogen-bond acceptors (Lipinski definition) is 3. The highest BCUT2D eigenvalue weighted by Gasteiger charge is 2.20. The second-order valence-corrected chi connectivity index (χ2v) is 5.37. The lowest BCUT2D eigenvalue weighted by Crippen LogP contribution is -2.28. The minimum atomic E-state index is -0.238. The molecule has 4 nitrogen and oxygen atoms in total. The van der Waals surface area contributed by atoms with Crippen molar-refractivity contribution in [1.82, 2.24) is 9.88 Å². The highest BCUT2D eigenvalue weighted by Crippen LogP contribution is 2.16. The first-order valence-electron chi connectivity index (χ1n) is 7.46. The Bertz CT molecular complexity index is 668. The molecule has 0 aliphatic carbocycles. The number of nitrogens with one attached hydrogen (secondary N) is 1. The van der Waals surface area contributed by atoms with Crippen molar-refractivity contribution in [1.29, 1.82) is 0 Å². The van der Waals surface area contributed by atoms with Crippen LogP contribution < -0.4 is 5.32 Å². The van der Waals surface area contributed by atoms with Gasteiger partial charge in [-0.3, -0.25) is 9.78 Å². The number of nitrogens with zero attached hydrogens (tertiary/aromatic N) is 2. The van der Waals surface area contributed by atoms with E-state index in [4.69, 9.17) is 0 Å². The SMILES string of the molecule is O=C(c1cc(NCc2ccccc2F)ccn1)N1CCCC1. The van der Waals surface area contributed by atoms with Gasteiger partial charge in [0.2, 0.25) is 0 Å². The van der Waals surface area contributed by atoms with Gasteiger partial charge in [-0.2, -0.15) is 0 Å². The number of anilines is 1. The van der Waals surface area contributed by atoms with Gasteiger partial charge >= 0.3 is 0 Å². The van der Waals surface area contributed by atoms with Crippen molar-refractivity contribution >= 4 is 11.6 Å². The monoisotopic (exact) mass is 299 g/mol. The molecule has 5 heteroatoms. The van der Waals surface area contributed by atoms with E-state index in [1.54, 1.807) is 36.5 Å². The van der Waals surface area contributed by atoms with Crippen LogP contribution in [0.4, 0.5) is 10.1 Å². The third kappa shape index (κ3) is 3.24. The number of carbonyl (C=O) groups is 1. The Balaban J connectivity index is 1.68. The second-order valence-electron chi connectivity index (χ2n) is 5.37. The lowest BCUT2D eigenvalue weighted by atomic mass is 10.2. The maximum Gasteiger partial charge on any atom is 0.272 e. The van der Waals surface area contributed by atoms with Crippen LogP contribution in [0, 0.1) is 5.82 Å². The zero-order chi connectivity index (χ0) is 15.4. The van der Waals surface area contributed by atoms with E-state index in [9.17, 15) is 9.18 Å². The number of hydrogen-bond donors (Lipinski definition) is 1. The van der Waals surface area contributed by atoms with Crippen LogP contribution in [0.5, 0.6) is 0 Å². The van der Waals surface area contributed by atoms with Gasteiger partial charge in [0.1, 0.15) is 11.5 Å². The summed E-state index contributed by atoms with van der Waals surface area (Å²) in [5.74, 6) is -0.274. The lowest BCUT2D eigenvalue weighted by molar-refractivity contribution is 0.0787. The van der Waals surface area contributed by atoms with Gasteiger partial charge in [0, 0.05) is 37.1 Å². The van der Waals surface area contributed by atoms with E-state index in [0.29, 0.717) is 17.8 Å². The minimum absolute atomic E-state index is 0.0351. The van der Waals surface area contributed by atoms with Gasteiger partial charge in [-0.25, -0.2) is 4.39 Å². The first-order valence-corrected chi connectivity index (χ1v) is 7.46. The van der Waals surface area contributed by atoms with Crippen LogP contribution in [-0.4, -0.2) is 28.9 Å². The molecule has 0 spiro atoms. The number of carbonyl (C=O) groups excluding carboxylic acids is 1. The molecule has 1 aliphatic rings. The van der Waals surface area contributed by atoms with Gasteiger partial charge in [0.15, 0.2) is 0 Å². The van der Waals surface area contributed by atoms with Gasteiger partial charge in [0.25, 0.3) is 5.91 Å². The minimum Gasteiger partial charge on any atom is -0.381 e. The predicted octanol–water partition coefficient (Wildman–Crippen LogP) is 3.07. The van der Waals surface area contributed by atoms with E-state index in [0.717, 1.165) is 31.6 Å². The topological polar surface area (TPSA) is 45.2 Å². The van der Waals surface area contributed by atoms with E-state index in [-0.39, 0.29) is 11.7 Å². The van der Waals surface area contributed by atoms with E-state index >= 15 is 0 Å². The average Bonchev–Trinajstić information content (AvgIpc) is 3.08. The number of halogens is 1. The molecule has 0 atom stereocenters. The average molecular weight is 299 g/mol. The van der Waals surface area contributed by atoms with Crippen molar-refractivity contribution in [3.63, 3.8) is 0 Å². The molecule has 1 saturated heterocycles. The molecule has 0 unspecified atom stereocenters. The number of aromatic nitrogens is 1. The molecule has 0 saturated carbocycles. The smallest absolute Gasteiger partial charge is 0.272 e. The van der Waals surface area contributed by atoms with Gasteiger partial charge in [-0.15, -0.1) is 0 Å². The fraction of sp³-hybridized carbons (Fsp3) is 0.294. The van der Waals surface area contributed by atoms with E-state index in [1.807, 2.05) is 4.90 Å². The maximum absolute atomic E-state index is 13.6. The van der Waals surface area contributed by atoms with Crippen LogP contribution in [0.1, 0.15) is 28.9 Å². The highest BCUT2D eigenvalue weighted by atomic mass is 19.1. The Morgan fingerprint density at radius 3 is 2.77 bits per heavy atom. The van der Waals surface area contributed by atoms with Gasteiger partial charge in [-0.05, 0) is 31.0 Å². The normalized spacial score (nSPS) is 14.1. The molecular formula is C17H18FN3O. The summed E-state index contributed by atoms with van der Waals surface area (Å²) >= 11 is 0. The summed E-state index contributed by atoms with van der Waals surface area (Å²) in [6.07, 6.45) is 3.71. The molecule has 1 N–H and O–H groups in total. The predicted molar refractivity (Wildman–Crippen MR) is 83.1 cm³/mol. The Kier molecular flexibility index (Phi) is 4.32. The Morgan fingerprint density at radius 2 is 2.00 bits per heavy atom. The molecular weight excluding hydrogens is 281 g/mol. The van der Waals surface area contributed by atoms with Crippen molar-refractivity contribution in [2.75, 3.05) is 18.4 Å². The van der Waals surface area contributed by atoms with Gasteiger partial charge in [0.05, 0.1) is 0 Å². The zero-order valence-electron chi connectivity index (χ0n) is 12.3. The first kappa shape index (κ1) is 14.5. The molecule has 2 heterocycles. The van der Waals surface area contributed by atoms with Crippen LogP contribution in [-0.2, 0) is 6.54 Å². The number of likely N-dealkylation sites (tertiary alicyclic amines) is 1. The zero-order valence-corrected chi connectivity index (χ0v) is 12.3. The third-order valence-corrected chi connectivity index (χ3v) is 3.81. The third-order valence-electron chi connectivity index (χ3n) is 3.81. The quantitative estimate of drug-likeness (QED) is 0.943. The summed E-state index contributed by atoms with van der Waals surface area (Å²) < 4.78 is 13.6. The van der Waals surface area contributed by atoms with Crippen molar-refractivity contribution in [2.45, 2.75) is 19.4 Å². The first-order chi connectivity index (χ1) is 10.7. The Labute approximate surface area is 129 Å². The highest BCUT2D eigenvalue weighted by molar-refractivity contribution is 5.93. The molecule has 0 bridgehead atoms. The standard InChI is InChI=1S/C17H18FN3O/c18-15-6-2-1-5-13(15)12-20-14-7-8-19-16(11-14)17(22)21-9-3-4-10-21/h1-2,5-8,11H,3-4,9-10,12H2,(H,19,20). The number of benzene rings is 1. The summed E-state index contributed by atoms with van der Waals surface area (Å²) in [5.41, 5.74) is 1.79. The summed E-state index contributed by atoms with van der Waals surface area (Å²) in [6.45, 7) is 1.97. The fourth-order valence-corrected chi connectivity index (χ4v) is 2.58.